The SMILES string of the molecule is COc1ccc(-c2cc(=O)n(CCN3CCCCC3)nc2-c2ccc(OC)cc2)cc1. The van der Waals surface area contributed by atoms with Gasteiger partial charge in [0.1, 0.15) is 11.5 Å². The van der Waals surface area contributed by atoms with E-state index in [1.54, 1.807) is 25.0 Å². The first-order valence-electron chi connectivity index (χ1n) is 10.8. The third-order valence-corrected chi connectivity index (χ3v) is 5.84. The number of ether oxygens (including phenoxy) is 2. The van der Waals surface area contributed by atoms with Crippen molar-refractivity contribution >= 4 is 0 Å². The number of hydrogen-bond acceptors (Lipinski definition) is 5. The van der Waals surface area contributed by atoms with Crippen LogP contribution in [0.3, 0.4) is 0 Å². The van der Waals surface area contributed by atoms with Gasteiger partial charge in [0.25, 0.3) is 5.56 Å². The summed E-state index contributed by atoms with van der Waals surface area (Å²) in [6, 6.07) is 17.2. The van der Waals surface area contributed by atoms with Crippen LogP contribution in [-0.2, 0) is 6.54 Å². The lowest BCUT2D eigenvalue weighted by Gasteiger charge is -2.26. The van der Waals surface area contributed by atoms with E-state index in [2.05, 4.69) is 4.90 Å². The first-order chi connectivity index (χ1) is 15.2. The van der Waals surface area contributed by atoms with E-state index in [1.807, 2.05) is 48.5 Å². The van der Waals surface area contributed by atoms with E-state index in [9.17, 15) is 4.79 Å². The quantitative estimate of drug-likeness (QED) is 0.578. The summed E-state index contributed by atoms with van der Waals surface area (Å²) in [6.45, 7) is 3.63. The van der Waals surface area contributed by atoms with Crippen molar-refractivity contribution in [3.8, 4) is 33.9 Å². The Bertz CT molecular complexity index is 1050. The molecule has 1 fully saturated rings. The molecular weight excluding hydrogens is 390 g/mol. The van der Waals surface area contributed by atoms with Crippen LogP contribution in [0.25, 0.3) is 22.4 Å². The van der Waals surface area contributed by atoms with Crippen molar-refractivity contribution in [3.05, 3.63) is 65.0 Å². The summed E-state index contributed by atoms with van der Waals surface area (Å²) >= 11 is 0. The minimum atomic E-state index is -0.0833. The fraction of sp³-hybridized carbons (Fsp3) is 0.360. The van der Waals surface area contributed by atoms with E-state index >= 15 is 0 Å². The molecule has 31 heavy (non-hydrogen) atoms. The molecule has 4 rings (SSSR count). The molecule has 1 aliphatic heterocycles. The summed E-state index contributed by atoms with van der Waals surface area (Å²) in [5.41, 5.74) is 3.39. The topological polar surface area (TPSA) is 56.6 Å². The Kier molecular flexibility index (Phi) is 6.67. The van der Waals surface area contributed by atoms with E-state index < -0.39 is 0 Å². The highest BCUT2D eigenvalue weighted by molar-refractivity contribution is 5.80. The van der Waals surface area contributed by atoms with Gasteiger partial charge in [-0.1, -0.05) is 18.6 Å². The summed E-state index contributed by atoms with van der Waals surface area (Å²) in [7, 11) is 3.29. The molecule has 1 aromatic heterocycles. The second-order valence-corrected chi connectivity index (χ2v) is 7.83. The van der Waals surface area contributed by atoms with Gasteiger partial charge < -0.3 is 14.4 Å². The van der Waals surface area contributed by atoms with Crippen molar-refractivity contribution in [1.82, 2.24) is 14.7 Å². The van der Waals surface area contributed by atoms with E-state index in [0.717, 1.165) is 53.5 Å². The number of aromatic nitrogens is 2. The summed E-state index contributed by atoms with van der Waals surface area (Å²) in [4.78, 5) is 15.3. The van der Waals surface area contributed by atoms with Crippen LogP contribution in [0.15, 0.2) is 59.4 Å². The van der Waals surface area contributed by atoms with Crippen LogP contribution in [0.5, 0.6) is 11.5 Å². The second kappa shape index (κ2) is 9.79. The highest BCUT2D eigenvalue weighted by Crippen LogP contribution is 2.31. The van der Waals surface area contributed by atoms with Gasteiger partial charge >= 0.3 is 0 Å². The van der Waals surface area contributed by atoms with Gasteiger partial charge in [0.2, 0.25) is 0 Å². The zero-order valence-electron chi connectivity index (χ0n) is 18.2. The summed E-state index contributed by atoms with van der Waals surface area (Å²) in [5, 5.41) is 4.81. The third kappa shape index (κ3) is 4.97. The number of rotatable bonds is 7. The Morgan fingerprint density at radius 1 is 0.806 bits per heavy atom. The monoisotopic (exact) mass is 419 g/mol. The van der Waals surface area contributed by atoms with Crippen LogP contribution in [0.1, 0.15) is 19.3 Å². The predicted molar refractivity (Wildman–Crippen MR) is 123 cm³/mol. The second-order valence-electron chi connectivity index (χ2n) is 7.83. The van der Waals surface area contributed by atoms with E-state index in [1.165, 1.54) is 19.3 Å². The van der Waals surface area contributed by atoms with Crippen LogP contribution in [0, 0.1) is 0 Å². The lowest BCUT2D eigenvalue weighted by molar-refractivity contribution is 0.216. The van der Waals surface area contributed by atoms with Crippen molar-refractivity contribution in [2.75, 3.05) is 33.9 Å². The highest BCUT2D eigenvalue weighted by Gasteiger charge is 2.15. The minimum Gasteiger partial charge on any atom is -0.497 e. The molecular formula is C25H29N3O3. The number of piperidine rings is 1. The molecule has 1 aliphatic rings. The first kappa shape index (κ1) is 21.1. The van der Waals surface area contributed by atoms with Crippen molar-refractivity contribution in [2.45, 2.75) is 25.8 Å². The lowest BCUT2D eigenvalue weighted by Crippen LogP contribution is -2.35. The number of hydrogen-bond donors (Lipinski definition) is 0. The largest absolute Gasteiger partial charge is 0.497 e. The maximum Gasteiger partial charge on any atom is 0.267 e. The number of methoxy groups -OCH3 is 2. The molecule has 1 saturated heterocycles. The predicted octanol–water partition coefficient (Wildman–Crippen LogP) is 4.08. The van der Waals surface area contributed by atoms with E-state index in [0.29, 0.717) is 6.54 Å². The van der Waals surface area contributed by atoms with Gasteiger partial charge in [0.05, 0.1) is 26.5 Å². The van der Waals surface area contributed by atoms with Crippen LogP contribution in [0.2, 0.25) is 0 Å². The summed E-state index contributed by atoms with van der Waals surface area (Å²) < 4.78 is 12.2. The van der Waals surface area contributed by atoms with Crippen LogP contribution < -0.4 is 15.0 Å². The highest BCUT2D eigenvalue weighted by atomic mass is 16.5. The molecule has 2 aromatic carbocycles. The zero-order chi connectivity index (χ0) is 21.6. The Labute approximate surface area is 183 Å². The Balaban J connectivity index is 1.71. The molecule has 0 aliphatic carbocycles. The number of benzene rings is 2. The molecule has 162 valence electrons. The van der Waals surface area contributed by atoms with Gasteiger partial charge in [-0.15, -0.1) is 0 Å². The fourth-order valence-corrected chi connectivity index (χ4v) is 4.02. The van der Waals surface area contributed by atoms with Gasteiger partial charge in [-0.25, -0.2) is 4.68 Å². The molecule has 2 heterocycles. The Morgan fingerprint density at radius 2 is 1.39 bits per heavy atom. The normalized spacial score (nSPS) is 14.4. The van der Waals surface area contributed by atoms with Crippen LogP contribution in [-0.4, -0.2) is 48.5 Å². The molecule has 0 N–H and O–H groups in total. The molecule has 6 heteroatoms. The standard InChI is InChI=1S/C25H29N3O3/c1-30-21-10-6-19(7-11-21)23-18-24(29)28(17-16-27-14-4-3-5-15-27)26-25(23)20-8-12-22(31-2)13-9-20/h6-13,18H,3-5,14-17H2,1-2H3. The summed E-state index contributed by atoms with van der Waals surface area (Å²) in [6.07, 6.45) is 3.76. The summed E-state index contributed by atoms with van der Waals surface area (Å²) in [5.74, 6) is 1.56. The minimum absolute atomic E-state index is 0.0833. The maximum absolute atomic E-state index is 12.9. The van der Waals surface area contributed by atoms with Gasteiger partial charge in [-0.3, -0.25) is 4.79 Å². The number of nitrogens with zero attached hydrogens (tertiary/aromatic N) is 3. The molecule has 3 aromatic rings. The molecule has 0 radical (unpaired) electrons. The third-order valence-electron chi connectivity index (χ3n) is 5.84. The zero-order valence-corrected chi connectivity index (χ0v) is 18.2. The first-order valence-corrected chi connectivity index (χ1v) is 10.8. The van der Waals surface area contributed by atoms with Crippen LogP contribution in [0.4, 0.5) is 0 Å². The molecule has 0 amide bonds. The molecule has 0 unspecified atom stereocenters. The van der Waals surface area contributed by atoms with E-state index in [-0.39, 0.29) is 5.56 Å². The average Bonchev–Trinajstić information content (AvgIpc) is 2.84. The van der Waals surface area contributed by atoms with Crippen molar-refractivity contribution in [2.24, 2.45) is 0 Å². The Hall–Kier alpha value is -3.12. The lowest BCUT2D eigenvalue weighted by atomic mass is 10.00. The molecule has 0 atom stereocenters. The van der Waals surface area contributed by atoms with Crippen molar-refractivity contribution in [3.63, 3.8) is 0 Å². The maximum atomic E-state index is 12.9. The molecule has 6 nitrogen and oxygen atoms in total. The number of likely N-dealkylation sites (tertiary alicyclic amines) is 1. The molecule has 0 bridgehead atoms. The van der Waals surface area contributed by atoms with Gasteiger partial charge in [0.15, 0.2) is 0 Å². The van der Waals surface area contributed by atoms with Crippen molar-refractivity contribution < 1.29 is 9.47 Å². The Morgan fingerprint density at radius 3 is 1.97 bits per heavy atom. The van der Waals surface area contributed by atoms with Crippen LogP contribution >= 0.6 is 0 Å². The van der Waals surface area contributed by atoms with Gasteiger partial charge in [0, 0.05) is 23.7 Å². The van der Waals surface area contributed by atoms with Gasteiger partial charge in [-0.2, -0.15) is 5.10 Å². The van der Waals surface area contributed by atoms with Crippen molar-refractivity contribution in [1.29, 1.82) is 0 Å². The van der Waals surface area contributed by atoms with E-state index in [4.69, 9.17) is 14.6 Å². The average molecular weight is 420 g/mol. The fourth-order valence-electron chi connectivity index (χ4n) is 4.02. The van der Waals surface area contributed by atoms with Gasteiger partial charge in [-0.05, 0) is 67.9 Å². The smallest absolute Gasteiger partial charge is 0.267 e. The molecule has 0 saturated carbocycles. The molecule has 0 spiro atoms.